The van der Waals surface area contributed by atoms with Gasteiger partial charge in [-0.2, -0.15) is 0 Å². The van der Waals surface area contributed by atoms with Crippen molar-refractivity contribution in [3.63, 3.8) is 0 Å². The summed E-state index contributed by atoms with van der Waals surface area (Å²) in [6.07, 6.45) is 0. The first-order chi connectivity index (χ1) is 10.0. The highest BCUT2D eigenvalue weighted by atomic mass is 35.5. The number of aromatic nitrogens is 2. The molecule has 0 radical (unpaired) electrons. The lowest BCUT2D eigenvalue weighted by Gasteiger charge is -2.05. The number of nitrogens with zero attached hydrogens (tertiary/aromatic N) is 3. The minimum Gasteiger partial charge on any atom is -0.320 e. The average Bonchev–Trinajstić information content (AvgIpc) is 2.49. The summed E-state index contributed by atoms with van der Waals surface area (Å²) in [5, 5.41) is 20.5. The Balaban J connectivity index is 2.19. The van der Waals surface area contributed by atoms with Gasteiger partial charge in [-0.3, -0.25) is 14.9 Å². The Morgan fingerprint density at radius 3 is 2.62 bits per heavy atom. The van der Waals surface area contributed by atoms with E-state index in [1.54, 1.807) is 0 Å². The van der Waals surface area contributed by atoms with E-state index < -0.39 is 10.8 Å². The molecule has 10 heteroatoms. The van der Waals surface area contributed by atoms with E-state index in [1.807, 2.05) is 0 Å². The number of nitrogens with one attached hydrogen (secondary N) is 2. The van der Waals surface area contributed by atoms with Crippen molar-refractivity contribution in [1.82, 2.24) is 10.2 Å². The normalized spacial score (nSPS) is 10.0. The number of anilines is 2. The molecule has 108 valence electrons. The van der Waals surface area contributed by atoms with Gasteiger partial charge in [0.25, 0.3) is 11.6 Å². The van der Waals surface area contributed by atoms with E-state index in [4.69, 9.17) is 17.4 Å². The number of nitrogens with two attached hydrogens (primary N) is 1. The monoisotopic (exact) mass is 308 g/mol. The Kier molecular flexibility index (Phi) is 4.26. The van der Waals surface area contributed by atoms with Crippen LogP contribution in [-0.2, 0) is 0 Å². The fraction of sp³-hybridized carbons (Fsp3) is 0. The minimum atomic E-state index is -0.639. The third-order valence-corrected chi connectivity index (χ3v) is 2.77. The van der Waals surface area contributed by atoms with E-state index in [-0.39, 0.29) is 22.1 Å². The fourth-order valence-corrected chi connectivity index (χ4v) is 1.64. The molecule has 0 saturated carbocycles. The van der Waals surface area contributed by atoms with Crippen molar-refractivity contribution < 1.29 is 9.72 Å². The first kappa shape index (κ1) is 14.6. The zero-order valence-electron chi connectivity index (χ0n) is 10.4. The minimum absolute atomic E-state index is 0.0174. The molecule has 9 nitrogen and oxygen atoms in total. The number of nitro benzene ring substituents is 1. The van der Waals surface area contributed by atoms with Crippen molar-refractivity contribution in [2.45, 2.75) is 0 Å². The molecule has 0 bridgehead atoms. The number of benzene rings is 1. The number of amides is 1. The highest BCUT2D eigenvalue weighted by Crippen LogP contribution is 2.27. The van der Waals surface area contributed by atoms with E-state index in [0.717, 1.165) is 6.07 Å². The van der Waals surface area contributed by atoms with Crippen molar-refractivity contribution in [3.05, 3.63) is 51.2 Å². The Bertz CT molecular complexity index is 691. The van der Waals surface area contributed by atoms with Gasteiger partial charge in [0.1, 0.15) is 5.02 Å². The number of hydrogen-bond donors (Lipinski definition) is 3. The van der Waals surface area contributed by atoms with Gasteiger partial charge in [0.15, 0.2) is 11.5 Å². The molecule has 2 rings (SSSR count). The van der Waals surface area contributed by atoms with Crippen LogP contribution in [0.4, 0.5) is 17.2 Å². The zero-order chi connectivity index (χ0) is 15.4. The number of nitro groups is 1. The standard InChI is InChI=1S/C11H9ClN6O3/c12-7-2-1-6(5-9(7)18(20)21)14-11(19)8-3-4-10(15-13)17-16-8/h1-5H,13H2,(H,14,19)(H,15,17). The Hall–Kier alpha value is -2.78. The van der Waals surface area contributed by atoms with Gasteiger partial charge in [-0.05, 0) is 24.3 Å². The smallest absolute Gasteiger partial charge is 0.289 e. The second-order valence-corrected chi connectivity index (χ2v) is 4.23. The SMILES string of the molecule is NNc1ccc(C(=O)Nc2ccc(Cl)c([N+](=O)[O-])c2)nn1. The van der Waals surface area contributed by atoms with Crippen LogP contribution in [0.25, 0.3) is 0 Å². The van der Waals surface area contributed by atoms with Crippen molar-refractivity contribution in [3.8, 4) is 0 Å². The van der Waals surface area contributed by atoms with Crippen molar-refractivity contribution in [2.75, 3.05) is 10.7 Å². The van der Waals surface area contributed by atoms with Crippen LogP contribution in [0.1, 0.15) is 10.5 Å². The molecule has 21 heavy (non-hydrogen) atoms. The molecule has 1 aromatic carbocycles. The van der Waals surface area contributed by atoms with Crippen LogP contribution < -0.4 is 16.6 Å². The summed E-state index contributed by atoms with van der Waals surface area (Å²) in [4.78, 5) is 22.0. The number of carbonyl (C=O) groups is 1. The van der Waals surface area contributed by atoms with E-state index in [9.17, 15) is 14.9 Å². The van der Waals surface area contributed by atoms with Crippen LogP contribution in [0, 0.1) is 10.1 Å². The predicted molar refractivity (Wildman–Crippen MR) is 75.9 cm³/mol. The van der Waals surface area contributed by atoms with Gasteiger partial charge in [-0.15, -0.1) is 10.2 Å². The maximum absolute atomic E-state index is 11.9. The molecule has 0 unspecified atom stereocenters. The van der Waals surface area contributed by atoms with Gasteiger partial charge in [-0.1, -0.05) is 11.6 Å². The first-order valence-corrected chi connectivity index (χ1v) is 5.94. The molecule has 0 fully saturated rings. The number of nitrogen functional groups attached to an aromatic ring is 1. The van der Waals surface area contributed by atoms with Crippen molar-refractivity contribution >= 4 is 34.7 Å². The predicted octanol–water partition coefficient (Wildman–Crippen LogP) is 1.58. The van der Waals surface area contributed by atoms with Crippen LogP contribution in [0.15, 0.2) is 30.3 Å². The average molecular weight is 309 g/mol. The zero-order valence-corrected chi connectivity index (χ0v) is 11.2. The summed E-state index contributed by atoms with van der Waals surface area (Å²) < 4.78 is 0. The van der Waals surface area contributed by atoms with Gasteiger partial charge < -0.3 is 10.7 Å². The highest BCUT2D eigenvalue weighted by molar-refractivity contribution is 6.32. The van der Waals surface area contributed by atoms with Crippen LogP contribution in [0.3, 0.4) is 0 Å². The molecule has 0 spiro atoms. The van der Waals surface area contributed by atoms with Gasteiger partial charge in [0, 0.05) is 11.8 Å². The highest BCUT2D eigenvalue weighted by Gasteiger charge is 2.15. The quantitative estimate of drug-likeness (QED) is 0.443. The molecular weight excluding hydrogens is 300 g/mol. The molecule has 1 amide bonds. The molecule has 0 atom stereocenters. The second-order valence-electron chi connectivity index (χ2n) is 3.83. The van der Waals surface area contributed by atoms with Crippen LogP contribution in [-0.4, -0.2) is 21.0 Å². The van der Waals surface area contributed by atoms with E-state index in [2.05, 4.69) is 20.9 Å². The summed E-state index contributed by atoms with van der Waals surface area (Å²) in [7, 11) is 0. The molecule has 0 aliphatic carbocycles. The number of carbonyl (C=O) groups excluding carboxylic acids is 1. The second kappa shape index (κ2) is 6.11. The molecule has 4 N–H and O–H groups in total. The van der Waals surface area contributed by atoms with Crippen LogP contribution in [0.5, 0.6) is 0 Å². The van der Waals surface area contributed by atoms with Crippen LogP contribution >= 0.6 is 11.6 Å². The molecular formula is C11H9ClN6O3. The first-order valence-electron chi connectivity index (χ1n) is 5.57. The van der Waals surface area contributed by atoms with Gasteiger partial charge >= 0.3 is 0 Å². The number of halogens is 1. The van der Waals surface area contributed by atoms with Crippen LogP contribution in [0.2, 0.25) is 5.02 Å². The largest absolute Gasteiger partial charge is 0.320 e. The lowest BCUT2D eigenvalue weighted by molar-refractivity contribution is -0.384. The molecule has 2 aromatic rings. The van der Waals surface area contributed by atoms with E-state index >= 15 is 0 Å². The van der Waals surface area contributed by atoms with E-state index in [0.29, 0.717) is 5.82 Å². The number of rotatable bonds is 4. The Morgan fingerprint density at radius 2 is 2.05 bits per heavy atom. The maximum atomic E-state index is 11.9. The number of hydrogen-bond acceptors (Lipinski definition) is 7. The van der Waals surface area contributed by atoms with E-state index in [1.165, 1.54) is 24.3 Å². The van der Waals surface area contributed by atoms with Gasteiger partial charge in [0.2, 0.25) is 0 Å². The molecule has 0 aliphatic heterocycles. The topological polar surface area (TPSA) is 136 Å². The molecule has 1 aromatic heterocycles. The fourth-order valence-electron chi connectivity index (χ4n) is 1.46. The molecule has 1 heterocycles. The summed E-state index contributed by atoms with van der Waals surface area (Å²) in [5.74, 6) is 4.86. The Morgan fingerprint density at radius 1 is 1.29 bits per heavy atom. The summed E-state index contributed by atoms with van der Waals surface area (Å²) in [5.41, 5.74) is 2.23. The van der Waals surface area contributed by atoms with Gasteiger partial charge in [0.05, 0.1) is 4.92 Å². The maximum Gasteiger partial charge on any atom is 0.289 e. The Labute approximate surface area is 123 Å². The summed E-state index contributed by atoms with van der Waals surface area (Å²) >= 11 is 5.68. The van der Waals surface area contributed by atoms with Crippen molar-refractivity contribution in [2.24, 2.45) is 5.84 Å². The molecule has 0 aliphatic rings. The lowest BCUT2D eigenvalue weighted by Crippen LogP contribution is -2.16. The number of hydrazine groups is 1. The summed E-state index contributed by atoms with van der Waals surface area (Å²) in [6.45, 7) is 0. The lowest BCUT2D eigenvalue weighted by atomic mass is 10.2. The van der Waals surface area contributed by atoms with Gasteiger partial charge in [-0.25, -0.2) is 5.84 Å². The summed E-state index contributed by atoms with van der Waals surface area (Å²) in [6, 6.07) is 6.79. The third-order valence-electron chi connectivity index (χ3n) is 2.45. The molecule has 0 saturated heterocycles. The van der Waals surface area contributed by atoms with Crippen molar-refractivity contribution in [1.29, 1.82) is 0 Å². The third kappa shape index (κ3) is 3.41.